The molecule has 1 fully saturated rings. The highest BCUT2D eigenvalue weighted by molar-refractivity contribution is 5.28. The van der Waals surface area contributed by atoms with Crippen LogP contribution in [0.25, 0.3) is 0 Å². The number of ether oxygens (including phenoxy) is 2. The number of hydrogen-bond acceptors (Lipinski definition) is 3. The van der Waals surface area contributed by atoms with E-state index >= 15 is 0 Å². The average Bonchev–Trinajstić information content (AvgIpc) is 3.19. The molecule has 0 aromatic heterocycles. The Morgan fingerprint density at radius 3 is 2.94 bits per heavy atom. The van der Waals surface area contributed by atoms with E-state index in [1.54, 1.807) is 7.11 Å². The fraction of sp³-hybridized carbons (Fsp3) is 0.600. The first-order chi connectivity index (χ1) is 8.88. The molecule has 0 bridgehead atoms. The summed E-state index contributed by atoms with van der Waals surface area (Å²) < 4.78 is 10.8. The summed E-state index contributed by atoms with van der Waals surface area (Å²) in [5, 5.41) is 3.33. The van der Waals surface area contributed by atoms with E-state index in [2.05, 4.69) is 23.5 Å². The number of hydrogen-bond donors (Lipinski definition) is 1. The van der Waals surface area contributed by atoms with Crippen LogP contribution in [0.15, 0.2) is 24.3 Å². The number of nitrogens with one attached hydrogen (secondary N) is 1. The third kappa shape index (κ3) is 5.07. The van der Waals surface area contributed by atoms with Crippen molar-refractivity contribution in [2.75, 3.05) is 26.9 Å². The monoisotopic (exact) mass is 249 g/mol. The second-order valence-corrected chi connectivity index (χ2v) is 4.90. The molecule has 0 unspecified atom stereocenters. The Bertz CT molecular complexity index is 350. The predicted molar refractivity (Wildman–Crippen MR) is 72.9 cm³/mol. The van der Waals surface area contributed by atoms with Crippen molar-refractivity contribution >= 4 is 0 Å². The van der Waals surface area contributed by atoms with Crippen molar-refractivity contribution in [3.8, 4) is 5.75 Å². The smallest absolute Gasteiger partial charge is 0.119 e. The zero-order valence-corrected chi connectivity index (χ0v) is 11.2. The van der Waals surface area contributed by atoms with Crippen LogP contribution in [0.3, 0.4) is 0 Å². The molecule has 3 heteroatoms. The van der Waals surface area contributed by atoms with E-state index in [9.17, 15) is 0 Å². The van der Waals surface area contributed by atoms with Gasteiger partial charge in [-0.25, -0.2) is 0 Å². The average molecular weight is 249 g/mol. The van der Waals surface area contributed by atoms with Crippen molar-refractivity contribution in [3.05, 3.63) is 29.8 Å². The summed E-state index contributed by atoms with van der Waals surface area (Å²) in [6.45, 7) is 3.34. The van der Waals surface area contributed by atoms with Gasteiger partial charge in [-0.2, -0.15) is 0 Å². The predicted octanol–water partition coefficient (Wildman–Crippen LogP) is 2.60. The van der Waals surface area contributed by atoms with Crippen LogP contribution in [0.5, 0.6) is 5.75 Å². The minimum absolute atomic E-state index is 0.748. The molecule has 0 radical (unpaired) electrons. The van der Waals surface area contributed by atoms with E-state index in [1.165, 1.54) is 24.8 Å². The van der Waals surface area contributed by atoms with Gasteiger partial charge >= 0.3 is 0 Å². The SMILES string of the molecule is COCCNCc1cccc(OCCC2CC2)c1. The van der Waals surface area contributed by atoms with Crippen molar-refractivity contribution in [3.63, 3.8) is 0 Å². The van der Waals surface area contributed by atoms with Crippen LogP contribution in [-0.2, 0) is 11.3 Å². The lowest BCUT2D eigenvalue weighted by atomic mass is 10.2. The van der Waals surface area contributed by atoms with E-state index < -0.39 is 0 Å². The lowest BCUT2D eigenvalue weighted by Crippen LogP contribution is -2.18. The molecule has 2 rings (SSSR count). The third-order valence-corrected chi connectivity index (χ3v) is 3.20. The molecule has 0 heterocycles. The summed E-state index contributed by atoms with van der Waals surface area (Å²) in [6, 6.07) is 8.32. The maximum atomic E-state index is 5.77. The van der Waals surface area contributed by atoms with E-state index in [0.29, 0.717) is 0 Å². The van der Waals surface area contributed by atoms with Crippen molar-refractivity contribution in [1.29, 1.82) is 0 Å². The third-order valence-electron chi connectivity index (χ3n) is 3.20. The quantitative estimate of drug-likeness (QED) is 0.682. The first-order valence-electron chi connectivity index (χ1n) is 6.80. The van der Waals surface area contributed by atoms with Gasteiger partial charge in [0.1, 0.15) is 5.75 Å². The van der Waals surface area contributed by atoms with Crippen molar-refractivity contribution in [2.24, 2.45) is 5.92 Å². The first-order valence-corrected chi connectivity index (χ1v) is 6.80. The van der Waals surface area contributed by atoms with Crippen LogP contribution >= 0.6 is 0 Å². The lowest BCUT2D eigenvalue weighted by molar-refractivity contribution is 0.199. The molecule has 1 aromatic rings. The number of methoxy groups -OCH3 is 1. The second-order valence-electron chi connectivity index (χ2n) is 4.90. The zero-order valence-electron chi connectivity index (χ0n) is 11.2. The van der Waals surface area contributed by atoms with Crippen LogP contribution < -0.4 is 10.1 Å². The molecule has 100 valence electrons. The standard InChI is InChI=1S/C15H23NO2/c1-17-10-8-16-12-14-3-2-4-15(11-14)18-9-7-13-5-6-13/h2-4,11,13,16H,5-10,12H2,1H3. The van der Waals surface area contributed by atoms with Crippen LogP contribution in [0, 0.1) is 5.92 Å². The molecule has 1 saturated carbocycles. The van der Waals surface area contributed by atoms with Gasteiger partial charge in [0.15, 0.2) is 0 Å². The molecule has 0 atom stereocenters. The Labute approximate surface area is 109 Å². The lowest BCUT2D eigenvalue weighted by Gasteiger charge is -2.08. The summed E-state index contributed by atoms with van der Waals surface area (Å²) in [5.74, 6) is 1.92. The maximum Gasteiger partial charge on any atom is 0.119 e. The molecule has 1 aliphatic rings. The van der Waals surface area contributed by atoms with Crippen LogP contribution in [0.2, 0.25) is 0 Å². The summed E-state index contributed by atoms with van der Waals surface area (Å²) in [4.78, 5) is 0. The first kappa shape index (κ1) is 13.4. The summed E-state index contributed by atoms with van der Waals surface area (Å²) in [7, 11) is 1.72. The normalized spacial score (nSPS) is 14.7. The minimum Gasteiger partial charge on any atom is -0.494 e. The fourth-order valence-electron chi connectivity index (χ4n) is 1.90. The van der Waals surface area contributed by atoms with Crippen LogP contribution in [0.1, 0.15) is 24.8 Å². The molecule has 0 saturated heterocycles. The maximum absolute atomic E-state index is 5.77. The Balaban J connectivity index is 1.69. The van der Waals surface area contributed by atoms with Crippen molar-refractivity contribution in [2.45, 2.75) is 25.8 Å². The zero-order chi connectivity index (χ0) is 12.6. The highest BCUT2D eigenvalue weighted by Gasteiger charge is 2.20. The Morgan fingerprint density at radius 1 is 1.28 bits per heavy atom. The van der Waals surface area contributed by atoms with E-state index in [1.807, 2.05) is 6.07 Å². The van der Waals surface area contributed by atoms with E-state index in [4.69, 9.17) is 9.47 Å². The van der Waals surface area contributed by atoms with Gasteiger partial charge in [-0.3, -0.25) is 0 Å². The topological polar surface area (TPSA) is 30.5 Å². The van der Waals surface area contributed by atoms with Gasteiger partial charge in [0.05, 0.1) is 13.2 Å². The summed E-state index contributed by atoms with van der Waals surface area (Å²) in [6.07, 6.45) is 4.00. The van der Waals surface area contributed by atoms with Crippen LogP contribution in [-0.4, -0.2) is 26.9 Å². The summed E-state index contributed by atoms with van der Waals surface area (Å²) in [5.41, 5.74) is 1.26. The van der Waals surface area contributed by atoms with Crippen molar-refractivity contribution < 1.29 is 9.47 Å². The van der Waals surface area contributed by atoms with E-state index in [0.717, 1.165) is 38.0 Å². The Hall–Kier alpha value is -1.06. The highest BCUT2D eigenvalue weighted by Crippen LogP contribution is 2.32. The van der Waals surface area contributed by atoms with Crippen molar-refractivity contribution in [1.82, 2.24) is 5.32 Å². The Kier molecular flexibility index (Phi) is 5.49. The van der Waals surface area contributed by atoms with Gasteiger partial charge in [0.25, 0.3) is 0 Å². The molecule has 3 nitrogen and oxygen atoms in total. The fourth-order valence-corrected chi connectivity index (χ4v) is 1.90. The number of benzene rings is 1. The van der Waals surface area contributed by atoms with Gasteiger partial charge in [-0.05, 0) is 30.0 Å². The Morgan fingerprint density at radius 2 is 2.17 bits per heavy atom. The molecule has 1 aromatic carbocycles. The molecular weight excluding hydrogens is 226 g/mol. The minimum atomic E-state index is 0.748. The summed E-state index contributed by atoms with van der Waals surface area (Å²) >= 11 is 0. The van der Waals surface area contributed by atoms with Gasteiger partial charge in [0, 0.05) is 20.2 Å². The van der Waals surface area contributed by atoms with Gasteiger partial charge in [0.2, 0.25) is 0 Å². The molecule has 0 aliphatic heterocycles. The number of rotatable bonds is 9. The van der Waals surface area contributed by atoms with E-state index in [-0.39, 0.29) is 0 Å². The van der Waals surface area contributed by atoms with Gasteiger partial charge in [-0.15, -0.1) is 0 Å². The van der Waals surface area contributed by atoms with Crippen LogP contribution in [0.4, 0.5) is 0 Å². The molecule has 1 N–H and O–H groups in total. The molecule has 0 spiro atoms. The van der Waals surface area contributed by atoms with Gasteiger partial charge < -0.3 is 14.8 Å². The largest absolute Gasteiger partial charge is 0.494 e. The second kappa shape index (κ2) is 7.39. The van der Waals surface area contributed by atoms with Gasteiger partial charge in [-0.1, -0.05) is 25.0 Å². The molecule has 18 heavy (non-hydrogen) atoms. The molecular formula is C15H23NO2. The molecule has 1 aliphatic carbocycles. The highest BCUT2D eigenvalue weighted by atomic mass is 16.5. The molecule has 0 amide bonds.